The van der Waals surface area contributed by atoms with Crippen LogP contribution in [-0.4, -0.2) is 27.6 Å². The maximum atomic E-state index is 9.90. The normalized spacial score (nSPS) is 8.36. The van der Waals surface area contributed by atoms with Gasteiger partial charge in [0.15, 0.2) is 0 Å². The summed E-state index contributed by atoms with van der Waals surface area (Å²) < 4.78 is 0. The molecule has 0 atom stereocenters. The average molecular weight is 164 g/mol. The van der Waals surface area contributed by atoms with E-state index in [2.05, 4.69) is 0 Å². The first kappa shape index (κ1) is 12.6. The van der Waals surface area contributed by atoms with E-state index in [1.165, 1.54) is 0 Å². The lowest BCUT2D eigenvalue weighted by Gasteiger charge is -1.92. The molecule has 66 valence electrons. The van der Waals surface area contributed by atoms with Gasteiger partial charge in [-0.2, -0.15) is 0 Å². The second kappa shape index (κ2) is 7.01. The molecule has 0 unspecified atom stereocenters. The van der Waals surface area contributed by atoms with E-state index in [9.17, 15) is 9.59 Å². The van der Waals surface area contributed by atoms with Crippen LogP contribution in [0.3, 0.4) is 0 Å². The lowest BCUT2D eigenvalue weighted by molar-refractivity contribution is -0.139. The van der Waals surface area contributed by atoms with Gasteiger partial charge in [-0.15, -0.1) is 0 Å². The predicted molar refractivity (Wildman–Crippen MR) is 37.4 cm³/mol. The van der Waals surface area contributed by atoms with Crippen LogP contribution in [0.4, 0.5) is 0 Å². The third-order valence-electron chi connectivity index (χ3n) is 1.03. The Bertz CT molecular complexity index is 115. The summed E-state index contributed by atoms with van der Waals surface area (Å²) in [5.41, 5.74) is 0. The monoisotopic (exact) mass is 164 g/mol. The summed E-state index contributed by atoms with van der Waals surface area (Å²) >= 11 is 0. The van der Waals surface area contributed by atoms with Crippen molar-refractivity contribution in [1.29, 1.82) is 0 Å². The number of carboxylic acid groups (broad SMARTS) is 2. The largest absolute Gasteiger partial charge is 0.481 e. The fourth-order valence-corrected chi connectivity index (χ4v) is 0.552. The van der Waals surface area contributed by atoms with E-state index in [0.29, 0.717) is 12.8 Å². The van der Waals surface area contributed by atoms with Crippen molar-refractivity contribution in [3.63, 3.8) is 0 Å². The predicted octanol–water partition coefficient (Wildman–Crippen LogP) is -0.109. The lowest BCUT2D eigenvalue weighted by Crippen LogP contribution is -1.97. The van der Waals surface area contributed by atoms with Gasteiger partial charge in [0.05, 0.1) is 0 Å². The van der Waals surface area contributed by atoms with Gasteiger partial charge in [-0.1, -0.05) is 0 Å². The first-order valence-electron chi connectivity index (χ1n) is 3.06. The van der Waals surface area contributed by atoms with E-state index in [1.54, 1.807) is 0 Å². The summed E-state index contributed by atoms with van der Waals surface area (Å²) in [7, 11) is 0. The summed E-state index contributed by atoms with van der Waals surface area (Å²) in [5.74, 6) is -1.74. The highest BCUT2D eigenvalue weighted by Crippen LogP contribution is 1.98. The molecule has 11 heavy (non-hydrogen) atoms. The van der Waals surface area contributed by atoms with Gasteiger partial charge < -0.3 is 15.7 Å². The Kier molecular flexibility index (Phi) is 8.01. The lowest BCUT2D eigenvalue weighted by atomic mass is 10.2. The molecule has 0 saturated carbocycles. The van der Waals surface area contributed by atoms with Gasteiger partial charge in [0, 0.05) is 12.8 Å². The van der Waals surface area contributed by atoms with E-state index < -0.39 is 11.9 Å². The first-order chi connectivity index (χ1) is 4.63. The quantitative estimate of drug-likeness (QED) is 0.553. The van der Waals surface area contributed by atoms with Gasteiger partial charge in [-0.3, -0.25) is 9.59 Å². The summed E-state index contributed by atoms with van der Waals surface area (Å²) in [4.78, 5) is 19.8. The van der Waals surface area contributed by atoms with Crippen LogP contribution in [0.25, 0.3) is 0 Å². The molecular formula is C6H12O5. The van der Waals surface area contributed by atoms with Crippen molar-refractivity contribution in [3.8, 4) is 0 Å². The third-order valence-corrected chi connectivity index (χ3v) is 1.03. The van der Waals surface area contributed by atoms with E-state index >= 15 is 0 Å². The molecular weight excluding hydrogens is 152 g/mol. The second-order valence-corrected chi connectivity index (χ2v) is 1.99. The topological polar surface area (TPSA) is 106 Å². The van der Waals surface area contributed by atoms with Gasteiger partial charge >= 0.3 is 11.9 Å². The molecule has 0 aliphatic carbocycles. The van der Waals surface area contributed by atoms with Gasteiger partial charge in [0.25, 0.3) is 0 Å². The summed E-state index contributed by atoms with van der Waals surface area (Å²) in [5, 5.41) is 16.3. The maximum Gasteiger partial charge on any atom is 0.303 e. The Hall–Kier alpha value is -1.10. The molecule has 0 radical (unpaired) electrons. The molecule has 0 amide bonds. The van der Waals surface area contributed by atoms with E-state index in [-0.39, 0.29) is 18.3 Å². The zero-order chi connectivity index (χ0) is 7.98. The number of aliphatic carboxylic acids is 2. The van der Waals surface area contributed by atoms with Crippen LogP contribution in [0.5, 0.6) is 0 Å². The van der Waals surface area contributed by atoms with E-state index in [1.807, 2.05) is 0 Å². The van der Waals surface area contributed by atoms with Crippen molar-refractivity contribution in [3.05, 3.63) is 0 Å². The van der Waals surface area contributed by atoms with Crippen molar-refractivity contribution >= 4 is 11.9 Å². The molecule has 0 spiro atoms. The smallest absolute Gasteiger partial charge is 0.303 e. The highest BCUT2D eigenvalue weighted by atomic mass is 16.4. The molecule has 5 nitrogen and oxygen atoms in total. The van der Waals surface area contributed by atoms with Gasteiger partial charge in [-0.05, 0) is 12.8 Å². The minimum Gasteiger partial charge on any atom is -0.481 e. The summed E-state index contributed by atoms with van der Waals surface area (Å²) in [6.45, 7) is 0. The number of rotatable bonds is 5. The van der Waals surface area contributed by atoms with E-state index in [4.69, 9.17) is 10.2 Å². The fourth-order valence-electron chi connectivity index (χ4n) is 0.552. The van der Waals surface area contributed by atoms with Crippen LogP contribution in [0.2, 0.25) is 0 Å². The Balaban J connectivity index is 0. The zero-order valence-corrected chi connectivity index (χ0v) is 6.04. The van der Waals surface area contributed by atoms with Crippen LogP contribution < -0.4 is 0 Å². The molecule has 0 saturated heterocycles. The molecule has 0 rings (SSSR count). The molecule has 0 aliphatic rings. The van der Waals surface area contributed by atoms with Crippen LogP contribution >= 0.6 is 0 Å². The van der Waals surface area contributed by atoms with Crippen molar-refractivity contribution in [2.75, 3.05) is 0 Å². The highest BCUT2D eigenvalue weighted by Gasteiger charge is 1.99. The Morgan fingerprint density at radius 2 is 1.18 bits per heavy atom. The molecule has 4 N–H and O–H groups in total. The number of carboxylic acids is 2. The van der Waals surface area contributed by atoms with Crippen LogP contribution in [-0.2, 0) is 9.59 Å². The van der Waals surface area contributed by atoms with Crippen molar-refractivity contribution in [2.45, 2.75) is 25.7 Å². The van der Waals surface area contributed by atoms with Crippen LogP contribution in [0.1, 0.15) is 25.7 Å². The fraction of sp³-hybridized carbons (Fsp3) is 0.667. The molecule has 0 aromatic rings. The van der Waals surface area contributed by atoms with Crippen molar-refractivity contribution < 1.29 is 25.3 Å². The minimum atomic E-state index is -0.870. The number of unbranched alkanes of at least 4 members (excludes halogenated alkanes) is 1. The van der Waals surface area contributed by atoms with Crippen molar-refractivity contribution in [2.24, 2.45) is 0 Å². The van der Waals surface area contributed by atoms with E-state index in [0.717, 1.165) is 0 Å². The van der Waals surface area contributed by atoms with Crippen LogP contribution in [0, 0.1) is 0 Å². The zero-order valence-electron chi connectivity index (χ0n) is 6.04. The third kappa shape index (κ3) is 12.2. The number of carbonyl (C=O) groups is 2. The molecule has 0 aromatic heterocycles. The standard InChI is InChI=1S/C6H10O4.H2O/c7-5(8)3-1-2-4-6(9)10;/h1-4H2,(H,7,8)(H,9,10);1H2. The molecule has 5 heteroatoms. The van der Waals surface area contributed by atoms with Gasteiger partial charge in [-0.25, -0.2) is 0 Å². The summed E-state index contributed by atoms with van der Waals surface area (Å²) in [6, 6.07) is 0. The number of hydrogen-bond acceptors (Lipinski definition) is 2. The Morgan fingerprint density at radius 1 is 0.909 bits per heavy atom. The molecule has 0 aromatic carbocycles. The number of hydrogen-bond donors (Lipinski definition) is 2. The van der Waals surface area contributed by atoms with Crippen molar-refractivity contribution in [1.82, 2.24) is 0 Å². The Morgan fingerprint density at radius 3 is 1.36 bits per heavy atom. The second-order valence-electron chi connectivity index (χ2n) is 1.99. The molecule has 0 fully saturated rings. The summed E-state index contributed by atoms with van der Waals surface area (Å²) in [6.07, 6.45) is 1.02. The van der Waals surface area contributed by atoms with Gasteiger partial charge in [0.2, 0.25) is 0 Å². The Labute approximate surface area is 64.0 Å². The molecule has 0 bridgehead atoms. The van der Waals surface area contributed by atoms with Crippen LogP contribution in [0.15, 0.2) is 0 Å². The highest BCUT2D eigenvalue weighted by molar-refractivity contribution is 5.67. The first-order valence-corrected chi connectivity index (χ1v) is 3.06. The van der Waals surface area contributed by atoms with Gasteiger partial charge in [0.1, 0.15) is 0 Å². The molecule has 0 heterocycles. The SMILES string of the molecule is O.O=C(O)CCCCC(=O)O. The maximum absolute atomic E-state index is 9.90. The average Bonchev–Trinajstić information content (AvgIpc) is 1.79. The minimum absolute atomic E-state index is 0. The molecule has 0 aliphatic heterocycles.